The molecule has 0 bridgehead atoms. The van der Waals surface area contributed by atoms with E-state index in [0.29, 0.717) is 0 Å². The zero-order valence-electron chi connectivity index (χ0n) is 11.7. The molecule has 0 amide bonds. The van der Waals surface area contributed by atoms with Gasteiger partial charge in [0.25, 0.3) is 0 Å². The predicted octanol–water partition coefficient (Wildman–Crippen LogP) is 3.02. The number of hydrogen-bond donors (Lipinski definition) is 1. The highest BCUT2D eigenvalue weighted by atomic mass is 32.2. The highest BCUT2D eigenvalue weighted by Gasteiger charge is 2.02. The fourth-order valence-electron chi connectivity index (χ4n) is 1.65. The van der Waals surface area contributed by atoms with Gasteiger partial charge < -0.3 is 10.1 Å². The van der Waals surface area contributed by atoms with E-state index in [1.165, 1.54) is 17.5 Å². The molecule has 1 N–H and O–H groups in total. The third-order valence-corrected chi connectivity index (χ3v) is 3.77. The van der Waals surface area contributed by atoms with E-state index in [0.717, 1.165) is 36.9 Å². The molecule has 1 aromatic heterocycles. The van der Waals surface area contributed by atoms with Gasteiger partial charge in [0.1, 0.15) is 0 Å². The summed E-state index contributed by atoms with van der Waals surface area (Å²) in [6, 6.07) is 2.23. The number of pyridine rings is 1. The van der Waals surface area contributed by atoms with Crippen molar-refractivity contribution in [2.24, 2.45) is 0 Å². The Balaban J connectivity index is 2.41. The molecule has 1 heterocycles. The van der Waals surface area contributed by atoms with Crippen molar-refractivity contribution in [3.63, 3.8) is 0 Å². The maximum Gasteiger partial charge on any atom is 0.0989 e. The third-order valence-electron chi connectivity index (χ3n) is 2.57. The highest BCUT2D eigenvalue weighted by molar-refractivity contribution is 7.99. The zero-order valence-corrected chi connectivity index (χ0v) is 12.5. The van der Waals surface area contributed by atoms with Gasteiger partial charge in [-0.15, -0.1) is 11.8 Å². The van der Waals surface area contributed by atoms with Crippen LogP contribution in [0.3, 0.4) is 0 Å². The molecule has 0 atom stereocenters. The monoisotopic (exact) mass is 268 g/mol. The lowest BCUT2D eigenvalue weighted by Gasteiger charge is -2.08. The summed E-state index contributed by atoms with van der Waals surface area (Å²) in [7, 11) is 1.74. The first-order chi connectivity index (χ1) is 8.77. The van der Waals surface area contributed by atoms with Crippen LogP contribution < -0.4 is 5.32 Å². The van der Waals surface area contributed by atoms with Crippen molar-refractivity contribution >= 4 is 11.8 Å². The van der Waals surface area contributed by atoms with Gasteiger partial charge in [-0.1, -0.05) is 13.0 Å². The van der Waals surface area contributed by atoms with Crippen molar-refractivity contribution in [3.8, 4) is 0 Å². The van der Waals surface area contributed by atoms with Gasteiger partial charge in [0.15, 0.2) is 0 Å². The lowest BCUT2D eigenvalue weighted by atomic mass is 10.2. The van der Waals surface area contributed by atoms with E-state index < -0.39 is 0 Å². The Bertz CT molecular complexity index is 345. The van der Waals surface area contributed by atoms with Gasteiger partial charge >= 0.3 is 0 Å². The molecule has 0 spiro atoms. The molecule has 0 aromatic carbocycles. The van der Waals surface area contributed by atoms with Crippen LogP contribution in [0, 0.1) is 6.92 Å². The number of rotatable bonds is 9. The number of aryl methyl sites for hydroxylation is 1. The summed E-state index contributed by atoms with van der Waals surface area (Å²) in [6.45, 7) is 7.11. The van der Waals surface area contributed by atoms with Crippen LogP contribution in [0.15, 0.2) is 17.3 Å². The van der Waals surface area contributed by atoms with Crippen LogP contribution in [0.4, 0.5) is 0 Å². The lowest BCUT2D eigenvalue weighted by molar-refractivity contribution is 0.200. The Kier molecular flexibility index (Phi) is 8.05. The number of nitrogens with zero attached hydrogens (tertiary/aromatic N) is 1. The summed E-state index contributed by atoms with van der Waals surface area (Å²) in [5.41, 5.74) is 2.54. The van der Waals surface area contributed by atoms with Gasteiger partial charge in [0, 0.05) is 32.2 Å². The molecule has 0 saturated heterocycles. The zero-order chi connectivity index (χ0) is 13.2. The molecule has 3 nitrogen and oxygen atoms in total. The van der Waals surface area contributed by atoms with Crippen molar-refractivity contribution < 1.29 is 4.74 Å². The second-order valence-corrected chi connectivity index (χ2v) is 5.42. The standard InChI is InChI=1S/C14H24N2OS/c1-4-6-15-10-13-9-12(2)14(16-11-13)18-8-5-7-17-3/h9,11,15H,4-8,10H2,1-3H3. The van der Waals surface area contributed by atoms with Gasteiger partial charge in [0.05, 0.1) is 5.03 Å². The Labute approximate surface area is 115 Å². The topological polar surface area (TPSA) is 34.2 Å². The molecule has 1 rings (SSSR count). The van der Waals surface area contributed by atoms with Crippen LogP contribution in [-0.2, 0) is 11.3 Å². The minimum Gasteiger partial charge on any atom is -0.385 e. The maximum absolute atomic E-state index is 5.04. The summed E-state index contributed by atoms with van der Waals surface area (Å²) >= 11 is 1.81. The fraction of sp³-hybridized carbons (Fsp3) is 0.643. The highest BCUT2D eigenvalue weighted by Crippen LogP contribution is 2.21. The summed E-state index contributed by atoms with van der Waals surface area (Å²) in [4.78, 5) is 4.54. The van der Waals surface area contributed by atoms with Crippen molar-refractivity contribution in [2.45, 2.75) is 38.3 Å². The summed E-state index contributed by atoms with van der Waals surface area (Å²) in [5, 5.41) is 4.54. The quantitative estimate of drug-likeness (QED) is 0.551. The van der Waals surface area contributed by atoms with Crippen LogP contribution in [0.2, 0.25) is 0 Å². The van der Waals surface area contributed by atoms with Crippen LogP contribution in [0.5, 0.6) is 0 Å². The summed E-state index contributed by atoms with van der Waals surface area (Å²) in [5.74, 6) is 1.06. The minimum atomic E-state index is 0.824. The first kappa shape index (κ1) is 15.5. The molecule has 4 heteroatoms. The summed E-state index contributed by atoms with van der Waals surface area (Å²) in [6.07, 6.45) is 4.22. The van der Waals surface area contributed by atoms with Crippen molar-refractivity contribution in [3.05, 3.63) is 23.4 Å². The van der Waals surface area contributed by atoms with Crippen molar-refractivity contribution in [1.82, 2.24) is 10.3 Å². The van der Waals surface area contributed by atoms with E-state index in [4.69, 9.17) is 4.74 Å². The molecule has 1 aromatic rings. The second kappa shape index (κ2) is 9.36. The van der Waals surface area contributed by atoms with E-state index in [1.54, 1.807) is 7.11 Å². The predicted molar refractivity (Wildman–Crippen MR) is 78.2 cm³/mol. The first-order valence-electron chi connectivity index (χ1n) is 6.56. The molecule has 102 valence electrons. The maximum atomic E-state index is 5.04. The Morgan fingerprint density at radius 1 is 1.44 bits per heavy atom. The van der Waals surface area contributed by atoms with Crippen LogP contribution in [-0.4, -0.2) is 31.0 Å². The van der Waals surface area contributed by atoms with Crippen molar-refractivity contribution in [1.29, 1.82) is 0 Å². The fourth-order valence-corrected chi connectivity index (χ4v) is 2.52. The molecule has 0 aliphatic heterocycles. The number of ether oxygens (including phenoxy) is 1. The molecule has 0 aliphatic rings. The van der Waals surface area contributed by atoms with E-state index in [9.17, 15) is 0 Å². The number of aromatic nitrogens is 1. The number of nitrogens with one attached hydrogen (secondary N) is 1. The Hall–Kier alpha value is -0.580. The van der Waals surface area contributed by atoms with E-state index in [1.807, 2.05) is 18.0 Å². The average Bonchev–Trinajstić information content (AvgIpc) is 2.37. The van der Waals surface area contributed by atoms with Crippen molar-refractivity contribution in [2.75, 3.05) is 26.0 Å². The molecule has 0 aliphatic carbocycles. The van der Waals surface area contributed by atoms with Crippen LogP contribution >= 0.6 is 11.8 Å². The normalized spacial score (nSPS) is 10.8. The molecule has 0 saturated carbocycles. The number of hydrogen-bond acceptors (Lipinski definition) is 4. The minimum absolute atomic E-state index is 0.824. The van der Waals surface area contributed by atoms with Crippen LogP contribution in [0.25, 0.3) is 0 Å². The molecular weight excluding hydrogens is 244 g/mol. The van der Waals surface area contributed by atoms with Gasteiger partial charge in [-0.25, -0.2) is 4.98 Å². The van der Waals surface area contributed by atoms with E-state index in [2.05, 4.69) is 30.2 Å². The average molecular weight is 268 g/mol. The molecule has 0 unspecified atom stereocenters. The molecular formula is C14H24N2OS. The second-order valence-electron chi connectivity index (χ2n) is 4.34. The smallest absolute Gasteiger partial charge is 0.0989 e. The number of thioether (sulfide) groups is 1. The van der Waals surface area contributed by atoms with Gasteiger partial charge in [-0.3, -0.25) is 0 Å². The SMILES string of the molecule is CCCNCc1cnc(SCCCOC)c(C)c1. The first-order valence-corrected chi connectivity index (χ1v) is 7.54. The summed E-state index contributed by atoms with van der Waals surface area (Å²) < 4.78 is 5.04. The van der Waals surface area contributed by atoms with Crippen LogP contribution in [0.1, 0.15) is 30.9 Å². The lowest BCUT2D eigenvalue weighted by Crippen LogP contribution is -2.14. The van der Waals surface area contributed by atoms with E-state index in [-0.39, 0.29) is 0 Å². The van der Waals surface area contributed by atoms with E-state index >= 15 is 0 Å². The largest absolute Gasteiger partial charge is 0.385 e. The molecule has 0 radical (unpaired) electrons. The third kappa shape index (κ3) is 5.85. The number of methoxy groups -OCH3 is 1. The van der Waals surface area contributed by atoms with Gasteiger partial charge in [-0.05, 0) is 37.4 Å². The Morgan fingerprint density at radius 3 is 2.94 bits per heavy atom. The Morgan fingerprint density at radius 2 is 2.28 bits per heavy atom. The molecule has 0 fully saturated rings. The molecule has 18 heavy (non-hydrogen) atoms. The van der Waals surface area contributed by atoms with Gasteiger partial charge in [0.2, 0.25) is 0 Å². The van der Waals surface area contributed by atoms with Gasteiger partial charge in [-0.2, -0.15) is 0 Å².